The van der Waals surface area contributed by atoms with Crippen LogP contribution in [0.2, 0.25) is 0 Å². The Labute approximate surface area is 87.3 Å². The largest absolute Gasteiger partial charge is 0.417 e. The molecule has 0 saturated carbocycles. The van der Waals surface area contributed by atoms with Crippen molar-refractivity contribution >= 4 is 11.1 Å². The number of aromatic nitrogens is 1. The summed E-state index contributed by atoms with van der Waals surface area (Å²) >= 11 is 0. The lowest BCUT2D eigenvalue weighted by atomic mass is 10.1. The molecule has 2 N–H and O–H groups in total. The van der Waals surface area contributed by atoms with Crippen molar-refractivity contribution in [2.75, 3.05) is 7.05 Å². The third-order valence-electron chi connectivity index (χ3n) is 2.52. The van der Waals surface area contributed by atoms with E-state index in [9.17, 15) is 4.79 Å². The van der Waals surface area contributed by atoms with Gasteiger partial charge in [0.1, 0.15) is 0 Å². The van der Waals surface area contributed by atoms with Crippen molar-refractivity contribution in [1.29, 1.82) is 0 Å². The molecule has 0 fully saturated rings. The fourth-order valence-corrected chi connectivity index (χ4v) is 1.57. The summed E-state index contributed by atoms with van der Waals surface area (Å²) in [6.07, 6.45) is 0.918. The van der Waals surface area contributed by atoms with E-state index in [1.165, 1.54) is 0 Å². The van der Waals surface area contributed by atoms with E-state index >= 15 is 0 Å². The number of hydrogen-bond donors (Lipinski definition) is 2. The molecule has 2 aromatic rings. The predicted octanol–water partition coefficient (Wildman–Crippen LogP) is 1.27. The maximum Gasteiger partial charge on any atom is 0.417 e. The third-order valence-corrected chi connectivity index (χ3v) is 2.52. The monoisotopic (exact) mass is 206 g/mol. The Morgan fingerprint density at radius 2 is 2.33 bits per heavy atom. The van der Waals surface area contributed by atoms with E-state index in [0.29, 0.717) is 11.6 Å². The Hall–Kier alpha value is -1.55. The number of hydrogen-bond acceptors (Lipinski definition) is 3. The molecular formula is C11H14N2O2. The third kappa shape index (κ3) is 2.10. The van der Waals surface area contributed by atoms with Gasteiger partial charge in [-0.05, 0) is 38.1 Å². The second kappa shape index (κ2) is 3.90. The lowest BCUT2D eigenvalue weighted by Crippen LogP contribution is -2.23. The highest BCUT2D eigenvalue weighted by molar-refractivity contribution is 5.72. The molecular weight excluding hydrogens is 192 g/mol. The van der Waals surface area contributed by atoms with Crippen LogP contribution in [-0.2, 0) is 6.42 Å². The van der Waals surface area contributed by atoms with E-state index in [0.717, 1.165) is 17.5 Å². The summed E-state index contributed by atoms with van der Waals surface area (Å²) in [6.45, 7) is 2.11. The number of rotatable bonds is 3. The fourth-order valence-electron chi connectivity index (χ4n) is 1.57. The molecule has 0 spiro atoms. The van der Waals surface area contributed by atoms with Gasteiger partial charge in [0.05, 0.1) is 5.52 Å². The molecule has 0 aliphatic rings. The van der Waals surface area contributed by atoms with Crippen molar-refractivity contribution in [1.82, 2.24) is 10.3 Å². The van der Waals surface area contributed by atoms with Gasteiger partial charge in [-0.1, -0.05) is 6.07 Å². The van der Waals surface area contributed by atoms with Crippen LogP contribution in [0.25, 0.3) is 11.1 Å². The van der Waals surface area contributed by atoms with E-state index in [-0.39, 0.29) is 0 Å². The average Bonchev–Trinajstić information content (AvgIpc) is 2.57. The zero-order valence-electron chi connectivity index (χ0n) is 8.83. The second-order valence-electron chi connectivity index (χ2n) is 3.74. The van der Waals surface area contributed by atoms with E-state index in [2.05, 4.69) is 17.2 Å². The number of H-pyrrole nitrogens is 1. The first-order valence-corrected chi connectivity index (χ1v) is 4.98. The smallest absolute Gasteiger partial charge is 0.408 e. The Kier molecular flexibility index (Phi) is 2.60. The molecule has 1 unspecified atom stereocenters. The molecule has 0 saturated heterocycles. The van der Waals surface area contributed by atoms with E-state index in [4.69, 9.17) is 4.42 Å². The Balaban J connectivity index is 2.34. The Bertz CT molecular complexity index is 513. The lowest BCUT2D eigenvalue weighted by molar-refractivity contribution is 0.554. The van der Waals surface area contributed by atoms with Crippen molar-refractivity contribution < 1.29 is 4.42 Å². The van der Waals surface area contributed by atoms with Crippen molar-refractivity contribution in [3.63, 3.8) is 0 Å². The molecule has 4 heteroatoms. The highest BCUT2D eigenvalue weighted by atomic mass is 16.4. The fraction of sp³-hybridized carbons (Fsp3) is 0.364. The van der Waals surface area contributed by atoms with Crippen LogP contribution in [0.5, 0.6) is 0 Å². The molecule has 1 aromatic heterocycles. The zero-order chi connectivity index (χ0) is 10.8. The molecule has 2 rings (SSSR count). The number of oxazole rings is 1. The van der Waals surface area contributed by atoms with Crippen LogP contribution in [0, 0.1) is 0 Å². The lowest BCUT2D eigenvalue weighted by Gasteiger charge is -2.09. The molecule has 1 heterocycles. The normalized spacial score (nSPS) is 13.2. The standard InChI is InChI=1S/C11H14N2O2/c1-7(12-2)5-8-3-4-9-10(6-8)15-11(14)13-9/h3-4,6-7,12H,5H2,1-2H3,(H,13,14). The number of nitrogens with one attached hydrogen (secondary N) is 2. The molecule has 0 aliphatic heterocycles. The summed E-state index contributed by atoms with van der Waals surface area (Å²) in [5.41, 5.74) is 2.54. The quantitative estimate of drug-likeness (QED) is 0.795. The van der Waals surface area contributed by atoms with Crippen molar-refractivity contribution in [3.8, 4) is 0 Å². The summed E-state index contributed by atoms with van der Waals surface area (Å²) in [7, 11) is 1.93. The Morgan fingerprint density at radius 1 is 1.53 bits per heavy atom. The minimum absolute atomic E-state index is 0.399. The zero-order valence-corrected chi connectivity index (χ0v) is 8.83. The van der Waals surface area contributed by atoms with Gasteiger partial charge in [0.25, 0.3) is 0 Å². The summed E-state index contributed by atoms with van der Waals surface area (Å²) < 4.78 is 4.99. The van der Waals surface area contributed by atoms with Gasteiger partial charge in [-0.15, -0.1) is 0 Å². The minimum Gasteiger partial charge on any atom is -0.408 e. The SMILES string of the molecule is CNC(C)Cc1ccc2[nH]c(=O)oc2c1. The summed E-state index contributed by atoms with van der Waals surface area (Å²) in [5, 5.41) is 3.17. The molecule has 15 heavy (non-hydrogen) atoms. The van der Waals surface area contributed by atoms with Gasteiger partial charge in [0.15, 0.2) is 5.58 Å². The molecule has 1 atom stereocenters. The summed E-state index contributed by atoms with van der Waals surface area (Å²) in [6, 6.07) is 6.19. The molecule has 0 radical (unpaired) electrons. The highest BCUT2D eigenvalue weighted by Crippen LogP contribution is 2.13. The van der Waals surface area contributed by atoms with Crippen LogP contribution >= 0.6 is 0 Å². The average molecular weight is 206 g/mol. The number of benzene rings is 1. The van der Waals surface area contributed by atoms with Gasteiger partial charge in [0.2, 0.25) is 0 Å². The van der Waals surface area contributed by atoms with Gasteiger partial charge >= 0.3 is 5.76 Å². The van der Waals surface area contributed by atoms with Gasteiger partial charge < -0.3 is 9.73 Å². The van der Waals surface area contributed by atoms with Crippen LogP contribution < -0.4 is 11.1 Å². The van der Waals surface area contributed by atoms with Gasteiger partial charge in [-0.3, -0.25) is 4.98 Å². The molecule has 0 aliphatic carbocycles. The van der Waals surface area contributed by atoms with Crippen molar-refractivity contribution in [2.24, 2.45) is 0 Å². The van der Waals surface area contributed by atoms with Crippen LogP contribution in [0.3, 0.4) is 0 Å². The maximum absolute atomic E-state index is 10.9. The van der Waals surface area contributed by atoms with E-state index < -0.39 is 5.76 Å². The van der Waals surface area contributed by atoms with Crippen molar-refractivity contribution in [2.45, 2.75) is 19.4 Å². The number of likely N-dealkylation sites (N-methyl/N-ethyl adjacent to an activating group) is 1. The first-order chi connectivity index (χ1) is 7.19. The van der Waals surface area contributed by atoms with Gasteiger partial charge in [-0.25, -0.2) is 4.79 Å². The summed E-state index contributed by atoms with van der Waals surface area (Å²) in [4.78, 5) is 13.6. The van der Waals surface area contributed by atoms with Crippen LogP contribution in [0.1, 0.15) is 12.5 Å². The molecule has 0 bridgehead atoms. The second-order valence-corrected chi connectivity index (χ2v) is 3.74. The topological polar surface area (TPSA) is 58.0 Å². The maximum atomic E-state index is 10.9. The van der Waals surface area contributed by atoms with Crippen molar-refractivity contribution in [3.05, 3.63) is 34.3 Å². The Morgan fingerprint density at radius 3 is 3.07 bits per heavy atom. The number of aromatic amines is 1. The van der Waals surface area contributed by atoms with Crippen LogP contribution in [0.15, 0.2) is 27.4 Å². The summed E-state index contributed by atoms with van der Waals surface area (Å²) in [5.74, 6) is -0.399. The molecule has 80 valence electrons. The molecule has 4 nitrogen and oxygen atoms in total. The highest BCUT2D eigenvalue weighted by Gasteiger charge is 2.04. The first-order valence-electron chi connectivity index (χ1n) is 4.98. The van der Waals surface area contributed by atoms with Gasteiger partial charge in [0, 0.05) is 6.04 Å². The van der Waals surface area contributed by atoms with Gasteiger partial charge in [-0.2, -0.15) is 0 Å². The van der Waals surface area contributed by atoms with E-state index in [1.807, 2.05) is 25.2 Å². The van der Waals surface area contributed by atoms with E-state index in [1.54, 1.807) is 0 Å². The minimum atomic E-state index is -0.399. The van der Waals surface area contributed by atoms with Crippen LogP contribution in [0.4, 0.5) is 0 Å². The first kappa shape index (κ1) is 9.98. The number of fused-ring (bicyclic) bond motifs is 1. The molecule has 0 amide bonds. The molecule has 1 aromatic carbocycles. The predicted molar refractivity (Wildman–Crippen MR) is 59.1 cm³/mol. The van der Waals surface area contributed by atoms with Crippen LogP contribution in [-0.4, -0.2) is 18.1 Å².